The zero-order valence-corrected chi connectivity index (χ0v) is 19.9. The fourth-order valence-corrected chi connectivity index (χ4v) is 4.95. The van der Waals surface area contributed by atoms with Crippen LogP contribution < -0.4 is 10.3 Å². The number of fused-ring (bicyclic) bond motifs is 1. The number of carbonyl (C=O) groups excluding carboxylic acids is 1. The minimum absolute atomic E-state index is 0.0321. The largest absolute Gasteiger partial charge is 0.506 e. The van der Waals surface area contributed by atoms with Crippen molar-refractivity contribution in [2.24, 2.45) is 5.10 Å². The van der Waals surface area contributed by atoms with Gasteiger partial charge in [-0.05, 0) is 79.0 Å². The summed E-state index contributed by atoms with van der Waals surface area (Å²) in [6.45, 7) is 9.61. The number of anilines is 1. The number of rotatable bonds is 4. The molecule has 1 aliphatic heterocycles. The Labute approximate surface area is 187 Å². The lowest BCUT2D eigenvalue weighted by molar-refractivity contribution is 0.0952. The topological polar surface area (TPSA) is 64.9 Å². The summed E-state index contributed by atoms with van der Waals surface area (Å²) >= 11 is 6.53. The van der Waals surface area contributed by atoms with E-state index in [-0.39, 0.29) is 16.9 Å². The molecule has 0 saturated heterocycles. The summed E-state index contributed by atoms with van der Waals surface area (Å²) in [5.74, 6) is -0.619. The molecule has 0 fully saturated rings. The third-order valence-corrected chi connectivity index (χ3v) is 6.03. The summed E-state index contributed by atoms with van der Waals surface area (Å²) < 4.78 is 1.11. The van der Waals surface area contributed by atoms with Crippen molar-refractivity contribution >= 4 is 55.2 Å². The average Bonchev–Trinajstić information content (AvgIpc) is 2.64. The first-order valence-electron chi connectivity index (χ1n) is 9.27. The number of likely N-dealkylation sites (N-methyl/N-ethyl adjacent to an activating group) is 1. The van der Waals surface area contributed by atoms with Crippen LogP contribution in [0.4, 0.5) is 5.69 Å². The number of hydrogen-bond acceptors (Lipinski definition) is 4. The highest BCUT2D eigenvalue weighted by molar-refractivity contribution is 9.11. The van der Waals surface area contributed by atoms with E-state index in [1.807, 2.05) is 6.07 Å². The van der Waals surface area contributed by atoms with Gasteiger partial charge in [-0.1, -0.05) is 28.1 Å². The second-order valence-corrected chi connectivity index (χ2v) is 9.25. The second-order valence-electron chi connectivity index (χ2n) is 7.48. The van der Waals surface area contributed by atoms with Crippen molar-refractivity contribution in [3.63, 3.8) is 0 Å². The average molecular weight is 521 g/mol. The quantitative estimate of drug-likeness (QED) is 0.401. The maximum absolute atomic E-state index is 12.4. The first kappa shape index (κ1) is 21.6. The minimum atomic E-state index is -0.492. The van der Waals surface area contributed by atoms with Gasteiger partial charge in [0.1, 0.15) is 5.75 Å². The molecular weight excluding hydrogens is 498 g/mol. The first-order valence-corrected chi connectivity index (χ1v) is 10.9. The molecule has 0 saturated carbocycles. The van der Waals surface area contributed by atoms with Crippen LogP contribution >= 0.6 is 31.9 Å². The van der Waals surface area contributed by atoms with Crippen LogP contribution in [0, 0.1) is 0 Å². The molecule has 152 valence electrons. The SMILES string of the molecule is CCN1c2ccc(/C=N/NC(=O)c3cc(Br)cc(Br)c3O)cc2C(C)=CC1(C)C. The van der Waals surface area contributed by atoms with E-state index in [4.69, 9.17) is 0 Å². The molecule has 2 aromatic rings. The van der Waals surface area contributed by atoms with Crippen LogP contribution in [-0.2, 0) is 0 Å². The van der Waals surface area contributed by atoms with Crippen LogP contribution in [-0.4, -0.2) is 29.3 Å². The van der Waals surface area contributed by atoms with Crippen LogP contribution in [0.1, 0.15) is 49.2 Å². The normalized spacial score (nSPS) is 15.2. The zero-order chi connectivity index (χ0) is 21.3. The third kappa shape index (κ3) is 4.41. The summed E-state index contributed by atoms with van der Waals surface area (Å²) in [7, 11) is 0. The predicted octanol–water partition coefficient (Wildman–Crippen LogP) is 5.70. The highest BCUT2D eigenvalue weighted by Gasteiger charge is 2.29. The number of hydrogen-bond donors (Lipinski definition) is 2. The van der Waals surface area contributed by atoms with Gasteiger partial charge < -0.3 is 10.0 Å². The van der Waals surface area contributed by atoms with Crippen molar-refractivity contribution in [2.45, 2.75) is 33.2 Å². The summed E-state index contributed by atoms with van der Waals surface area (Å²) in [6.07, 6.45) is 3.88. The van der Waals surface area contributed by atoms with Gasteiger partial charge in [0, 0.05) is 22.3 Å². The number of hydrazone groups is 1. The Balaban J connectivity index is 1.81. The molecule has 0 spiro atoms. The van der Waals surface area contributed by atoms with Crippen molar-refractivity contribution in [2.75, 3.05) is 11.4 Å². The van der Waals surface area contributed by atoms with Crippen molar-refractivity contribution in [1.82, 2.24) is 5.43 Å². The number of halogens is 2. The van der Waals surface area contributed by atoms with E-state index >= 15 is 0 Å². The molecule has 2 aromatic carbocycles. The fraction of sp³-hybridized carbons (Fsp3) is 0.273. The highest BCUT2D eigenvalue weighted by Crippen LogP contribution is 2.38. The number of allylic oxidation sites excluding steroid dienone is 1. The van der Waals surface area contributed by atoms with Crippen LogP contribution in [0.25, 0.3) is 5.57 Å². The summed E-state index contributed by atoms with van der Waals surface area (Å²) in [5.41, 5.74) is 7.03. The predicted molar refractivity (Wildman–Crippen MR) is 126 cm³/mol. The van der Waals surface area contributed by atoms with Gasteiger partial charge in [0.05, 0.1) is 21.8 Å². The molecule has 7 heteroatoms. The number of benzene rings is 2. The molecule has 0 aromatic heterocycles. The Hall–Kier alpha value is -2.12. The maximum Gasteiger partial charge on any atom is 0.275 e. The fourth-order valence-electron chi connectivity index (χ4n) is 3.72. The molecular formula is C22H23Br2N3O2. The highest BCUT2D eigenvalue weighted by atomic mass is 79.9. The maximum atomic E-state index is 12.4. The third-order valence-electron chi connectivity index (χ3n) is 4.97. The molecule has 0 atom stereocenters. The molecule has 5 nitrogen and oxygen atoms in total. The molecule has 1 aliphatic rings. The van der Waals surface area contributed by atoms with Crippen LogP contribution in [0.3, 0.4) is 0 Å². The molecule has 0 bridgehead atoms. The van der Waals surface area contributed by atoms with Crippen molar-refractivity contribution < 1.29 is 9.90 Å². The number of nitrogens with one attached hydrogen (secondary N) is 1. The standard InChI is InChI=1S/C22H23Br2N3O2/c1-5-27-19-7-6-14(8-16(19)13(2)11-22(27,3)4)12-25-26-21(29)17-9-15(23)10-18(24)20(17)28/h6-12,28H,5H2,1-4H3,(H,26,29)/b25-12+. The Bertz CT molecular complexity index is 1030. The molecule has 0 aliphatic carbocycles. The van der Waals surface area contributed by atoms with Crippen LogP contribution in [0.15, 0.2) is 50.5 Å². The van der Waals surface area contributed by atoms with Gasteiger partial charge in [-0.2, -0.15) is 5.10 Å². The van der Waals surface area contributed by atoms with Crippen molar-refractivity contribution in [3.8, 4) is 5.75 Å². The number of phenols is 1. The van der Waals surface area contributed by atoms with Crippen molar-refractivity contribution in [1.29, 1.82) is 0 Å². The van der Waals surface area contributed by atoms with Crippen LogP contribution in [0.5, 0.6) is 5.75 Å². The van der Waals surface area contributed by atoms with E-state index in [1.54, 1.807) is 18.3 Å². The summed E-state index contributed by atoms with van der Waals surface area (Å²) in [4.78, 5) is 14.7. The number of carbonyl (C=O) groups is 1. The molecule has 3 rings (SSSR count). The van der Waals surface area contributed by atoms with Crippen molar-refractivity contribution in [3.05, 3.63) is 62.0 Å². The number of amides is 1. The Morgan fingerprint density at radius 2 is 2.00 bits per heavy atom. The monoisotopic (exact) mass is 519 g/mol. The molecule has 1 heterocycles. The van der Waals surface area contributed by atoms with Gasteiger partial charge in [0.2, 0.25) is 0 Å². The van der Waals surface area contributed by atoms with E-state index in [2.05, 4.69) is 93.2 Å². The van der Waals surface area contributed by atoms with E-state index in [1.165, 1.54) is 11.3 Å². The van der Waals surface area contributed by atoms with Gasteiger partial charge in [-0.15, -0.1) is 0 Å². The Morgan fingerprint density at radius 3 is 2.69 bits per heavy atom. The lowest BCUT2D eigenvalue weighted by Crippen LogP contribution is -2.44. The van der Waals surface area contributed by atoms with Gasteiger partial charge in [0.25, 0.3) is 5.91 Å². The van der Waals surface area contributed by atoms with Gasteiger partial charge in [-0.25, -0.2) is 5.43 Å². The van der Waals surface area contributed by atoms with Gasteiger partial charge in [0.15, 0.2) is 0 Å². The molecule has 1 amide bonds. The number of aromatic hydroxyl groups is 1. The number of phenolic OH excluding ortho intramolecular Hbond substituents is 1. The molecule has 0 radical (unpaired) electrons. The molecule has 2 N–H and O–H groups in total. The Morgan fingerprint density at radius 1 is 1.28 bits per heavy atom. The van der Waals surface area contributed by atoms with Crippen LogP contribution in [0.2, 0.25) is 0 Å². The molecule has 0 unspecified atom stereocenters. The van der Waals surface area contributed by atoms with E-state index in [0.29, 0.717) is 8.95 Å². The lowest BCUT2D eigenvalue weighted by atomic mass is 9.88. The summed E-state index contributed by atoms with van der Waals surface area (Å²) in [5, 5.41) is 14.1. The Kier molecular flexibility index (Phi) is 6.19. The van der Waals surface area contributed by atoms with E-state index in [0.717, 1.165) is 17.7 Å². The minimum Gasteiger partial charge on any atom is -0.506 e. The zero-order valence-electron chi connectivity index (χ0n) is 16.8. The smallest absolute Gasteiger partial charge is 0.275 e. The second kappa shape index (κ2) is 8.32. The van der Waals surface area contributed by atoms with Gasteiger partial charge in [-0.3, -0.25) is 4.79 Å². The summed E-state index contributed by atoms with van der Waals surface area (Å²) in [6, 6.07) is 9.36. The first-order chi connectivity index (χ1) is 13.6. The van der Waals surface area contributed by atoms with E-state index < -0.39 is 5.91 Å². The number of nitrogens with zero attached hydrogens (tertiary/aromatic N) is 2. The lowest BCUT2D eigenvalue weighted by Gasteiger charge is -2.42. The van der Waals surface area contributed by atoms with E-state index in [9.17, 15) is 9.90 Å². The molecule has 29 heavy (non-hydrogen) atoms. The van der Waals surface area contributed by atoms with Gasteiger partial charge >= 0.3 is 0 Å².